The number of hydrogen-bond acceptors (Lipinski definition) is 4. The Balaban J connectivity index is 2.05. The molecule has 1 aromatic heterocycles. The van der Waals surface area contributed by atoms with Crippen LogP contribution in [0.1, 0.15) is 35.7 Å². The largest absolute Gasteiger partial charge is 0.373 e. The first-order valence-electron chi connectivity index (χ1n) is 6.70. The highest BCUT2D eigenvalue weighted by atomic mass is 16.5. The van der Waals surface area contributed by atoms with Crippen LogP contribution >= 0.6 is 0 Å². The van der Waals surface area contributed by atoms with Gasteiger partial charge in [0, 0.05) is 25.5 Å². The lowest BCUT2D eigenvalue weighted by Crippen LogP contribution is -2.40. The molecule has 1 aromatic rings. The van der Waals surface area contributed by atoms with Crippen molar-refractivity contribution in [2.75, 3.05) is 19.7 Å². The number of carbonyl (C=O) groups excluding carboxylic acids is 1. The van der Waals surface area contributed by atoms with Crippen LogP contribution in [-0.2, 0) is 4.74 Å². The van der Waals surface area contributed by atoms with Crippen molar-refractivity contribution in [2.24, 2.45) is 5.73 Å². The van der Waals surface area contributed by atoms with Crippen LogP contribution in [0.5, 0.6) is 0 Å². The molecule has 0 bridgehead atoms. The summed E-state index contributed by atoms with van der Waals surface area (Å²) < 4.78 is 5.65. The number of aromatic nitrogens is 1. The van der Waals surface area contributed by atoms with Gasteiger partial charge >= 0.3 is 0 Å². The van der Waals surface area contributed by atoms with Crippen LogP contribution in [0, 0.1) is 11.8 Å². The van der Waals surface area contributed by atoms with Crippen molar-refractivity contribution >= 4 is 5.91 Å². The van der Waals surface area contributed by atoms with Crippen LogP contribution < -0.4 is 11.1 Å². The molecule has 106 valence electrons. The Kier molecular flexibility index (Phi) is 4.72. The van der Waals surface area contributed by atoms with Crippen molar-refractivity contribution in [3.63, 3.8) is 0 Å². The molecule has 1 aliphatic heterocycles. The number of amides is 1. The van der Waals surface area contributed by atoms with Gasteiger partial charge in [0.2, 0.25) is 0 Å². The van der Waals surface area contributed by atoms with Gasteiger partial charge < -0.3 is 15.8 Å². The Morgan fingerprint density at radius 3 is 3.20 bits per heavy atom. The topological polar surface area (TPSA) is 77.2 Å². The lowest BCUT2D eigenvalue weighted by atomic mass is 10.0. The molecule has 1 unspecified atom stereocenters. The maximum atomic E-state index is 12.2. The Labute approximate surface area is 118 Å². The summed E-state index contributed by atoms with van der Waals surface area (Å²) in [6, 6.07) is 1.66. The minimum Gasteiger partial charge on any atom is -0.373 e. The number of carbonyl (C=O) groups is 1. The average molecular weight is 273 g/mol. The van der Waals surface area contributed by atoms with Crippen LogP contribution in [0.2, 0.25) is 0 Å². The van der Waals surface area contributed by atoms with Crippen molar-refractivity contribution in [3.05, 3.63) is 29.6 Å². The fourth-order valence-electron chi connectivity index (χ4n) is 2.18. The van der Waals surface area contributed by atoms with E-state index in [-0.39, 0.29) is 18.1 Å². The fraction of sp³-hybridized carbons (Fsp3) is 0.467. The van der Waals surface area contributed by atoms with Crippen LogP contribution in [0.15, 0.2) is 18.5 Å². The van der Waals surface area contributed by atoms with Gasteiger partial charge in [0.1, 0.15) is 0 Å². The number of hydrogen-bond donors (Lipinski definition) is 2. The molecule has 0 saturated carbocycles. The smallest absolute Gasteiger partial charge is 0.252 e. The van der Waals surface area contributed by atoms with Crippen molar-refractivity contribution in [2.45, 2.75) is 25.4 Å². The Morgan fingerprint density at radius 1 is 1.65 bits per heavy atom. The Bertz CT molecular complexity index is 540. The fourth-order valence-corrected chi connectivity index (χ4v) is 2.18. The van der Waals surface area contributed by atoms with Crippen LogP contribution in [-0.4, -0.2) is 36.2 Å². The number of rotatable bonds is 3. The van der Waals surface area contributed by atoms with Gasteiger partial charge in [0.15, 0.2) is 0 Å². The van der Waals surface area contributed by atoms with Gasteiger partial charge in [-0.3, -0.25) is 9.78 Å². The third-order valence-electron chi connectivity index (χ3n) is 3.31. The lowest BCUT2D eigenvalue weighted by Gasteiger charge is -2.23. The average Bonchev–Trinajstić information content (AvgIpc) is 2.90. The minimum atomic E-state index is -0.258. The van der Waals surface area contributed by atoms with E-state index >= 15 is 0 Å². The summed E-state index contributed by atoms with van der Waals surface area (Å²) in [5.41, 5.74) is 6.20. The van der Waals surface area contributed by atoms with Gasteiger partial charge in [-0.1, -0.05) is 11.8 Å². The van der Waals surface area contributed by atoms with E-state index in [9.17, 15) is 4.79 Å². The number of pyridine rings is 1. The molecule has 0 spiro atoms. The van der Waals surface area contributed by atoms with Crippen LogP contribution in [0.4, 0.5) is 0 Å². The standard InChI is InChI=1S/C15H19N3O2/c1-15(6-3-9-20-15)11-18-14(19)13-5-8-17-10-12(13)4-2-7-16/h5,8,10H,3,6-7,9,11,16H2,1H3,(H,18,19). The summed E-state index contributed by atoms with van der Waals surface area (Å²) in [7, 11) is 0. The highest BCUT2D eigenvalue weighted by molar-refractivity contribution is 5.96. The van der Waals surface area contributed by atoms with Gasteiger partial charge in [-0.25, -0.2) is 0 Å². The summed E-state index contributed by atoms with van der Waals surface area (Å²) in [6.45, 7) is 3.52. The maximum absolute atomic E-state index is 12.2. The molecule has 1 fully saturated rings. The molecule has 5 nitrogen and oxygen atoms in total. The molecule has 0 aromatic carbocycles. The first-order valence-corrected chi connectivity index (χ1v) is 6.70. The van der Waals surface area contributed by atoms with Crippen molar-refractivity contribution in [3.8, 4) is 11.8 Å². The SMILES string of the molecule is CC1(CNC(=O)c2ccncc2C#CCN)CCCO1. The molecule has 2 rings (SSSR count). The van der Waals surface area contributed by atoms with E-state index < -0.39 is 0 Å². The zero-order chi connectivity index (χ0) is 14.4. The van der Waals surface area contributed by atoms with Crippen molar-refractivity contribution in [1.29, 1.82) is 0 Å². The highest BCUT2D eigenvalue weighted by Crippen LogP contribution is 2.24. The Morgan fingerprint density at radius 2 is 2.50 bits per heavy atom. The third-order valence-corrected chi connectivity index (χ3v) is 3.31. The molecule has 1 aliphatic rings. The van der Waals surface area contributed by atoms with Gasteiger partial charge in [-0.15, -0.1) is 0 Å². The molecule has 20 heavy (non-hydrogen) atoms. The Hall–Kier alpha value is -1.90. The predicted molar refractivity (Wildman–Crippen MR) is 76.1 cm³/mol. The van der Waals surface area contributed by atoms with E-state index in [0.717, 1.165) is 19.4 Å². The van der Waals surface area contributed by atoms with E-state index in [4.69, 9.17) is 10.5 Å². The number of nitrogens with two attached hydrogens (primary N) is 1. The molecular weight excluding hydrogens is 254 g/mol. The first-order chi connectivity index (χ1) is 9.64. The molecule has 5 heteroatoms. The van der Waals surface area contributed by atoms with Crippen molar-refractivity contribution < 1.29 is 9.53 Å². The molecule has 0 radical (unpaired) electrons. The first kappa shape index (κ1) is 14.5. The van der Waals surface area contributed by atoms with Gasteiger partial charge in [0.25, 0.3) is 5.91 Å². The highest BCUT2D eigenvalue weighted by Gasteiger charge is 2.30. The van der Waals surface area contributed by atoms with Gasteiger partial charge in [0.05, 0.1) is 23.3 Å². The predicted octanol–water partition coefficient (Wildman–Crippen LogP) is 0.691. The van der Waals surface area contributed by atoms with Crippen molar-refractivity contribution in [1.82, 2.24) is 10.3 Å². The quantitative estimate of drug-likeness (QED) is 0.794. The number of nitrogens with one attached hydrogen (secondary N) is 1. The van der Waals surface area contributed by atoms with E-state index in [1.165, 1.54) is 0 Å². The molecule has 1 saturated heterocycles. The van der Waals surface area contributed by atoms with Crippen LogP contribution in [0.25, 0.3) is 0 Å². The van der Waals surface area contributed by atoms with Gasteiger partial charge in [-0.2, -0.15) is 0 Å². The van der Waals surface area contributed by atoms with E-state index in [1.807, 2.05) is 6.92 Å². The van der Waals surface area contributed by atoms with E-state index in [0.29, 0.717) is 17.7 Å². The zero-order valence-corrected chi connectivity index (χ0v) is 11.6. The zero-order valence-electron chi connectivity index (χ0n) is 11.6. The summed E-state index contributed by atoms with van der Waals surface area (Å²) in [4.78, 5) is 16.2. The van der Waals surface area contributed by atoms with E-state index in [2.05, 4.69) is 22.1 Å². The summed E-state index contributed by atoms with van der Waals surface area (Å²) in [6.07, 6.45) is 5.15. The molecule has 1 amide bonds. The second kappa shape index (κ2) is 6.51. The van der Waals surface area contributed by atoms with E-state index in [1.54, 1.807) is 18.5 Å². The molecular formula is C15H19N3O2. The second-order valence-electron chi connectivity index (χ2n) is 5.01. The maximum Gasteiger partial charge on any atom is 0.252 e. The lowest BCUT2D eigenvalue weighted by molar-refractivity contribution is 0.0206. The third kappa shape index (κ3) is 3.56. The summed E-state index contributed by atoms with van der Waals surface area (Å²) in [5, 5.41) is 2.91. The molecule has 3 N–H and O–H groups in total. The second-order valence-corrected chi connectivity index (χ2v) is 5.01. The summed E-state index contributed by atoms with van der Waals surface area (Å²) in [5.74, 6) is 5.44. The normalized spacial score (nSPS) is 21.1. The summed E-state index contributed by atoms with van der Waals surface area (Å²) >= 11 is 0. The number of nitrogens with zero attached hydrogens (tertiary/aromatic N) is 1. The molecule has 2 heterocycles. The van der Waals surface area contributed by atoms with Crippen LogP contribution in [0.3, 0.4) is 0 Å². The van der Waals surface area contributed by atoms with Gasteiger partial charge in [-0.05, 0) is 25.8 Å². The monoisotopic (exact) mass is 273 g/mol. The molecule has 1 atom stereocenters. The minimum absolute atomic E-state index is 0.162. The number of ether oxygens (including phenoxy) is 1. The molecule has 0 aliphatic carbocycles.